The summed E-state index contributed by atoms with van der Waals surface area (Å²) in [6.07, 6.45) is 9.96. The molecule has 1 saturated heterocycles. The van der Waals surface area contributed by atoms with Gasteiger partial charge in [-0.05, 0) is 141 Å². The van der Waals surface area contributed by atoms with E-state index in [1.165, 1.54) is 28.8 Å². The summed E-state index contributed by atoms with van der Waals surface area (Å²) in [6, 6.07) is 13.8. The number of likely N-dealkylation sites (tertiary alicyclic amines) is 1. The Balaban J connectivity index is 1.02. The van der Waals surface area contributed by atoms with Gasteiger partial charge in [-0.1, -0.05) is 31.5 Å². The first-order chi connectivity index (χ1) is 26.9. The number of carboxylic acids is 1. The van der Waals surface area contributed by atoms with Crippen LogP contribution in [0.1, 0.15) is 93.5 Å². The van der Waals surface area contributed by atoms with E-state index in [-0.39, 0.29) is 23.3 Å². The first-order valence-corrected chi connectivity index (χ1v) is 21.1. The number of nitrogens with one attached hydrogen (secondary N) is 1. The fourth-order valence-corrected chi connectivity index (χ4v) is 10.9. The normalized spacial score (nSPS) is 28.6. The Bertz CT molecular complexity index is 1950. The SMILES string of the molecule is C[C@@H](COc1ccnc2c1[C@H](C)CCC2)C[C@H]1Cc2cc3c(cc2C12CCC(Nc1cccc(Cl)c1)(C(=O)O)CC2)O[C@H](CN(C)CC1CC(=O)N(C)C1)CO3. The van der Waals surface area contributed by atoms with E-state index < -0.39 is 11.5 Å². The Morgan fingerprint density at radius 2 is 1.96 bits per heavy atom. The lowest BCUT2D eigenvalue weighted by Gasteiger charge is -2.47. The van der Waals surface area contributed by atoms with Crippen LogP contribution in [-0.2, 0) is 27.8 Å². The summed E-state index contributed by atoms with van der Waals surface area (Å²) in [6.45, 7) is 7.97. The summed E-state index contributed by atoms with van der Waals surface area (Å²) >= 11 is 6.32. The van der Waals surface area contributed by atoms with Crippen molar-refractivity contribution in [1.82, 2.24) is 14.8 Å². The second-order valence-corrected chi connectivity index (χ2v) is 18.2. The molecule has 5 atom stereocenters. The van der Waals surface area contributed by atoms with Gasteiger partial charge in [0.15, 0.2) is 11.5 Å². The predicted molar refractivity (Wildman–Crippen MR) is 217 cm³/mol. The quantitative estimate of drug-likeness (QED) is 0.190. The van der Waals surface area contributed by atoms with Crippen LogP contribution in [0.5, 0.6) is 17.2 Å². The number of aromatic nitrogens is 1. The van der Waals surface area contributed by atoms with E-state index in [4.69, 9.17) is 25.8 Å². The summed E-state index contributed by atoms with van der Waals surface area (Å²) < 4.78 is 19.7. The number of carboxylic acid groups (broad SMARTS) is 1. The molecule has 3 aromatic rings. The lowest BCUT2D eigenvalue weighted by molar-refractivity contribution is -0.144. The second-order valence-electron chi connectivity index (χ2n) is 17.8. The number of hydrogen-bond acceptors (Lipinski definition) is 8. The number of anilines is 1. The summed E-state index contributed by atoms with van der Waals surface area (Å²) in [5.74, 6) is 3.25. The van der Waals surface area contributed by atoms with Gasteiger partial charge in [-0.3, -0.25) is 9.78 Å². The zero-order chi connectivity index (χ0) is 39.2. The number of carbonyl (C=O) groups is 2. The maximum atomic E-state index is 13.1. The average Bonchev–Trinajstić information content (AvgIpc) is 3.63. The van der Waals surface area contributed by atoms with E-state index in [2.05, 4.69) is 48.2 Å². The molecule has 8 rings (SSSR count). The highest BCUT2D eigenvalue weighted by Gasteiger charge is 2.54. The van der Waals surface area contributed by atoms with Gasteiger partial charge in [-0.2, -0.15) is 0 Å². The molecule has 1 amide bonds. The summed E-state index contributed by atoms with van der Waals surface area (Å²) in [5, 5.41) is 14.7. The number of hydrogen-bond donors (Lipinski definition) is 2. The molecule has 0 bridgehead atoms. The van der Waals surface area contributed by atoms with Crippen molar-refractivity contribution in [1.29, 1.82) is 0 Å². The Kier molecular flexibility index (Phi) is 10.9. The topological polar surface area (TPSA) is 113 Å². The van der Waals surface area contributed by atoms with Gasteiger partial charge in [0.25, 0.3) is 0 Å². The van der Waals surface area contributed by atoms with Crippen molar-refractivity contribution in [2.45, 2.75) is 101 Å². The number of nitrogens with zero attached hydrogens (tertiary/aromatic N) is 3. The van der Waals surface area contributed by atoms with Crippen molar-refractivity contribution < 1.29 is 28.9 Å². The molecule has 2 fully saturated rings. The third kappa shape index (κ3) is 7.68. The minimum Gasteiger partial charge on any atom is -0.493 e. The maximum absolute atomic E-state index is 13.1. The molecule has 2 aromatic carbocycles. The number of rotatable bonds is 12. The summed E-state index contributed by atoms with van der Waals surface area (Å²) in [7, 11) is 3.97. The number of benzene rings is 2. The number of amides is 1. The van der Waals surface area contributed by atoms with Crippen molar-refractivity contribution in [3.63, 3.8) is 0 Å². The van der Waals surface area contributed by atoms with Crippen LogP contribution in [0.2, 0.25) is 5.02 Å². The molecule has 300 valence electrons. The zero-order valence-electron chi connectivity index (χ0n) is 33.3. The van der Waals surface area contributed by atoms with Gasteiger partial charge >= 0.3 is 5.97 Å². The highest BCUT2D eigenvalue weighted by Crippen LogP contribution is 2.58. The summed E-state index contributed by atoms with van der Waals surface area (Å²) in [4.78, 5) is 34.0. The number of aliphatic carboxylic acids is 1. The molecule has 11 heteroatoms. The monoisotopic (exact) mass is 784 g/mol. The van der Waals surface area contributed by atoms with Crippen LogP contribution in [0.3, 0.4) is 0 Å². The van der Waals surface area contributed by atoms with Crippen molar-refractivity contribution in [3.05, 3.63) is 76.1 Å². The van der Waals surface area contributed by atoms with Crippen LogP contribution in [0.25, 0.3) is 0 Å². The minimum atomic E-state index is -1.10. The van der Waals surface area contributed by atoms with Crippen LogP contribution in [-0.4, -0.2) is 90.4 Å². The maximum Gasteiger partial charge on any atom is 0.329 e. The standard InChI is InChI=1S/C45H57ClN4O6/c1-28(26-54-38-11-16-47-37-10-5-7-29(2)42(37)38)17-32-19-31-20-39-40(56-35(27-55-39)25-49(3)23-30-18-41(51)50(4)24-30)22-36(31)44(32)12-14-45(15-13-44,43(52)53)48-34-9-6-8-33(46)21-34/h6,8-9,11,16,20-22,28-30,32,35,48H,5,7,10,12-15,17-19,23-27H2,1-4H3,(H,52,53)/t28-,29-,30?,32+,35-,44?,45?/m1/s1. The Morgan fingerprint density at radius 1 is 1.14 bits per heavy atom. The number of likely N-dealkylation sites (N-methyl/N-ethyl adjacent to an activating group) is 1. The van der Waals surface area contributed by atoms with Gasteiger partial charge in [0.2, 0.25) is 5.91 Å². The lowest BCUT2D eigenvalue weighted by Crippen LogP contribution is -2.53. The molecule has 1 saturated carbocycles. The zero-order valence-corrected chi connectivity index (χ0v) is 34.1. The number of ether oxygens (including phenoxy) is 3. The number of halogens is 1. The molecule has 1 unspecified atom stereocenters. The molecule has 3 heterocycles. The van der Waals surface area contributed by atoms with Gasteiger partial charge < -0.3 is 34.4 Å². The Morgan fingerprint density at radius 3 is 2.71 bits per heavy atom. The van der Waals surface area contributed by atoms with Crippen molar-refractivity contribution in [2.24, 2.45) is 17.8 Å². The molecule has 5 aliphatic rings. The first-order valence-electron chi connectivity index (χ1n) is 20.7. The molecule has 2 aliphatic heterocycles. The van der Waals surface area contributed by atoms with E-state index in [0.717, 1.165) is 74.6 Å². The van der Waals surface area contributed by atoms with Crippen LogP contribution in [0.15, 0.2) is 48.7 Å². The molecular weight excluding hydrogens is 728 g/mol. The molecule has 56 heavy (non-hydrogen) atoms. The van der Waals surface area contributed by atoms with E-state index >= 15 is 0 Å². The molecule has 2 N–H and O–H groups in total. The number of fused-ring (bicyclic) bond motifs is 4. The van der Waals surface area contributed by atoms with Crippen molar-refractivity contribution in [3.8, 4) is 17.2 Å². The fraction of sp³-hybridized carbons (Fsp3) is 0.578. The average molecular weight is 785 g/mol. The van der Waals surface area contributed by atoms with E-state index in [1.54, 1.807) is 12.1 Å². The van der Waals surface area contributed by atoms with Crippen molar-refractivity contribution in [2.75, 3.05) is 52.3 Å². The van der Waals surface area contributed by atoms with E-state index in [9.17, 15) is 14.7 Å². The van der Waals surface area contributed by atoms with Gasteiger partial charge in [0, 0.05) is 61.3 Å². The smallest absolute Gasteiger partial charge is 0.329 e. The molecule has 3 aliphatic carbocycles. The van der Waals surface area contributed by atoms with Gasteiger partial charge in [0.05, 0.1) is 6.61 Å². The number of carbonyl (C=O) groups excluding carboxylic acids is 1. The van der Waals surface area contributed by atoms with Gasteiger partial charge in [-0.15, -0.1) is 0 Å². The van der Waals surface area contributed by atoms with Crippen LogP contribution < -0.4 is 19.5 Å². The van der Waals surface area contributed by atoms with Crippen LogP contribution in [0.4, 0.5) is 5.69 Å². The third-order valence-corrected chi connectivity index (χ3v) is 13.8. The predicted octanol–water partition coefficient (Wildman–Crippen LogP) is 7.75. The molecule has 0 radical (unpaired) electrons. The Labute approximate surface area is 336 Å². The van der Waals surface area contributed by atoms with E-state index in [1.807, 2.05) is 36.3 Å². The lowest BCUT2D eigenvalue weighted by atomic mass is 9.59. The molecule has 1 aromatic heterocycles. The number of pyridine rings is 1. The second kappa shape index (κ2) is 15.7. The van der Waals surface area contributed by atoms with Crippen LogP contribution in [0, 0.1) is 17.8 Å². The van der Waals surface area contributed by atoms with Gasteiger partial charge in [-0.25, -0.2) is 4.79 Å². The number of aryl methyl sites for hydroxylation is 1. The first kappa shape index (κ1) is 38.8. The van der Waals surface area contributed by atoms with E-state index in [0.29, 0.717) is 61.8 Å². The Hall–Kier alpha value is -4.02. The highest BCUT2D eigenvalue weighted by atomic mass is 35.5. The van der Waals surface area contributed by atoms with Crippen molar-refractivity contribution >= 4 is 29.2 Å². The molecule has 10 nitrogen and oxygen atoms in total. The summed E-state index contributed by atoms with van der Waals surface area (Å²) in [5.41, 5.74) is 4.41. The van der Waals surface area contributed by atoms with Gasteiger partial charge in [0.1, 0.15) is 24.0 Å². The molecular formula is C45H57ClN4O6. The highest BCUT2D eigenvalue weighted by molar-refractivity contribution is 6.30. The van der Waals surface area contributed by atoms with Crippen LogP contribution >= 0.6 is 11.6 Å². The largest absolute Gasteiger partial charge is 0.493 e. The fourth-order valence-electron chi connectivity index (χ4n) is 10.7. The third-order valence-electron chi connectivity index (χ3n) is 13.6. The molecule has 1 spiro atoms. The minimum absolute atomic E-state index is 0.139.